The summed E-state index contributed by atoms with van der Waals surface area (Å²) in [6.07, 6.45) is 5.04. The Morgan fingerprint density at radius 3 is 2.48 bits per heavy atom. The van der Waals surface area contributed by atoms with Gasteiger partial charge in [0, 0.05) is 13.3 Å². The second-order valence-corrected chi connectivity index (χ2v) is 7.09. The maximum atomic E-state index is 11.3. The largest absolute Gasteiger partial charge is 0.466 e. The Bertz CT molecular complexity index is 364. The first-order valence-corrected chi connectivity index (χ1v) is 8.86. The quantitative estimate of drug-likeness (QED) is 0.214. The Kier molecular flexibility index (Phi) is 11.6. The number of esters is 1. The monoisotopic (exact) mass is 348 g/mol. The van der Waals surface area contributed by atoms with Crippen LogP contribution in [0.4, 0.5) is 0 Å². The minimum absolute atomic E-state index is 0.00114. The molecule has 0 radical (unpaired) electrons. The molecule has 0 amide bonds. The fourth-order valence-corrected chi connectivity index (χ4v) is 2.18. The lowest BCUT2D eigenvalue weighted by atomic mass is 10.1. The fourth-order valence-electron chi connectivity index (χ4n) is 1.97. The van der Waals surface area contributed by atoms with E-state index in [9.17, 15) is 4.79 Å². The number of rotatable bonds is 12. The van der Waals surface area contributed by atoms with Crippen LogP contribution in [0.25, 0.3) is 0 Å². The first kappa shape index (κ1) is 22.4. The molecule has 0 heterocycles. The number of hydrogen-bond acceptors (Lipinski definition) is 4. The minimum Gasteiger partial charge on any atom is -0.466 e. The topological polar surface area (TPSA) is 44.8 Å². The van der Waals surface area contributed by atoms with E-state index in [1.54, 1.807) is 6.92 Å². The summed E-state index contributed by atoms with van der Waals surface area (Å²) in [7, 11) is 0. The van der Waals surface area contributed by atoms with Crippen LogP contribution >= 0.6 is 11.6 Å². The molecule has 0 saturated heterocycles. The lowest BCUT2D eigenvalue weighted by Gasteiger charge is -2.27. The minimum atomic E-state index is -1.08. The molecule has 0 fully saturated rings. The summed E-state index contributed by atoms with van der Waals surface area (Å²) in [5.41, 5.74) is 1.19. The molecule has 0 rings (SSSR count). The van der Waals surface area contributed by atoms with Gasteiger partial charge in [0.15, 0.2) is 0 Å². The van der Waals surface area contributed by atoms with Gasteiger partial charge >= 0.3 is 5.97 Å². The average Bonchev–Trinajstić information content (AvgIpc) is 2.43. The van der Waals surface area contributed by atoms with Gasteiger partial charge in [0.25, 0.3) is 0 Å². The molecule has 0 N–H and O–H groups in total. The van der Waals surface area contributed by atoms with Crippen molar-refractivity contribution >= 4 is 17.6 Å². The molecule has 0 aliphatic heterocycles. The maximum Gasteiger partial charge on any atom is 0.306 e. The van der Waals surface area contributed by atoms with Crippen LogP contribution in [0.3, 0.4) is 0 Å². The third-order valence-corrected chi connectivity index (χ3v) is 3.38. The summed E-state index contributed by atoms with van der Waals surface area (Å²) in [4.78, 5) is 11.3. The van der Waals surface area contributed by atoms with Gasteiger partial charge in [0.05, 0.1) is 19.3 Å². The summed E-state index contributed by atoms with van der Waals surface area (Å²) in [6, 6.07) is 0. The van der Waals surface area contributed by atoms with E-state index in [0.29, 0.717) is 25.6 Å². The van der Waals surface area contributed by atoms with Crippen LogP contribution in [0.2, 0.25) is 0 Å². The lowest BCUT2D eigenvalue weighted by molar-refractivity contribution is -0.194. The predicted molar refractivity (Wildman–Crippen MR) is 94.5 cm³/mol. The maximum absolute atomic E-state index is 11.3. The summed E-state index contributed by atoms with van der Waals surface area (Å²) in [5, 5.41) is -1.08. The molecule has 0 aliphatic carbocycles. The second kappa shape index (κ2) is 11.9. The molecule has 0 aliphatic rings. The van der Waals surface area contributed by atoms with E-state index in [1.165, 1.54) is 5.57 Å². The van der Waals surface area contributed by atoms with Crippen molar-refractivity contribution in [1.29, 1.82) is 0 Å². The zero-order valence-corrected chi connectivity index (χ0v) is 16.2. The van der Waals surface area contributed by atoms with Crippen LogP contribution in [0, 0.1) is 5.92 Å². The van der Waals surface area contributed by atoms with E-state index in [-0.39, 0.29) is 12.1 Å². The Hall–Kier alpha value is -0.580. The van der Waals surface area contributed by atoms with E-state index in [1.807, 2.05) is 20.8 Å². The number of carbonyl (C=O) groups is 1. The van der Waals surface area contributed by atoms with Crippen LogP contribution in [0.15, 0.2) is 11.6 Å². The van der Waals surface area contributed by atoms with Crippen LogP contribution in [-0.2, 0) is 19.0 Å². The summed E-state index contributed by atoms with van der Waals surface area (Å²) >= 11 is 6.22. The molecule has 0 spiro atoms. The molecular formula is C18H33ClO4. The van der Waals surface area contributed by atoms with Crippen molar-refractivity contribution in [2.24, 2.45) is 5.92 Å². The summed E-state index contributed by atoms with van der Waals surface area (Å²) in [5.74, 6) is 0.272. The smallest absolute Gasteiger partial charge is 0.306 e. The van der Waals surface area contributed by atoms with Gasteiger partial charge in [0.2, 0.25) is 5.25 Å². The second-order valence-electron chi connectivity index (χ2n) is 6.40. The van der Waals surface area contributed by atoms with Crippen molar-refractivity contribution in [3.8, 4) is 0 Å². The molecule has 0 aromatic carbocycles. The van der Waals surface area contributed by atoms with Crippen LogP contribution < -0.4 is 0 Å². The van der Waals surface area contributed by atoms with E-state index in [2.05, 4.69) is 19.9 Å². The normalized spacial score (nSPS) is 16.3. The van der Waals surface area contributed by atoms with Gasteiger partial charge in [-0.1, -0.05) is 37.1 Å². The number of carbonyl (C=O) groups excluding carboxylic acids is 1. The van der Waals surface area contributed by atoms with Crippen molar-refractivity contribution in [2.75, 3.05) is 13.2 Å². The van der Waals surface area contributed by atoms with Crippen molar-refractivity contribution < 1.29 is 19.0 Å². The first-order valence-electron chi connectivity index (χ1n) is 8.48. The SMILES string of the molecule is CCOC(=O)CCC(C)=CCCC(C)OC(C)(Cl)OCC(C)C. The lowest BCUT2D eigenvalue weighted by Crippen LogP contribution is -2.31. The molecule has 2 unspecified atom stereocenters. The number of ether oxygens (including phenoxy) is 3. The van der Waals surface area contributed by atoms with Gasteiger partial charge in [-0.25, -0.2) is 0 Å². The molecule has 136 valence electrons. The molecule has 0 aromatic rings. The van der Waals surface area contributed by atoms with Gasteiger partial charge in [-0.3, -0.25) is 4.79 Å². The molecular weight excluding hydrogens is 316 g/mol. The third-order valence-electron chi connectivity index (χ3n) is 3.18. The zero-order valence-electron chi connectivity index (χ0n) is 15.5. The molecule has 0 saturated carbocycles. The van der Waals surface area contributed by atoms with E-state index in [0.717, 1.165) is 19.3 Å². The molecule has 2 atom stereocenters. The van der Waals surface area contributed by atoms with Gasteiger partial charge in [-0.15, -0.1) is 0 Å². The highest BCUT2D eigenvalue weighted by molar-refractivity contribution is 6.21. The predicted octanol–water partition coefficient (Wildman–Crippen LogP) is 5.05. The van der Waals surface area contributed by atoms with Crippen molar-refractivity contribution in [3.05, 3.63) is 11.6 Å². The number of allylic oxidation sites excluding steroid dienone is 2. The standard InChI is InChI=1S/C18H33ClO4/c1-7-21-17(20)12-11-15(4)9-8-10-16(5)23-18(6,19)22-13-14(2)3/h9,14,16H,7-8,10-13H2,1-6H3. The summed E-state index contributed by atoms with van der Waals surface area (Å²) in [6.45, 7) is 12.7. The molecule has 0 bridgehead atoms. The van der Waals surface area contributed by atoms with Gasteiger partial charge in [-0.2, -0.15) is 0 Å². The Balaban J connectivity index is 4.01. The summed E-state index contributed by atoms with van der Waals surface area (Å²) < 4.78 is 16.2. The molecule has 23 heavy (non-hydrogen) atoms. The van der Waals surface area contributed by atoms with E-state index < -0.39 is 5.25 Å². The molecule has 4 nitrogen and oxygen atoms in total. The zero-order chi connectivity index (χ0) is 17.9. The fraction of sp³-hybridized carbons (Fsp3) is 0.833. The van der Waals surface area contributed by atoms with Crippen molar-refractivity contribution in [3.63, 3.8) is 0 Å². The Morgan fingerprint density at radius 2 is 1.91 bits per heavy atom. The first-order chi connectivity index (χ1) is 10.7. The van der Waals surface area contributed by atoms with E-state index in [4.69, 9.17) is 25.8 Å². The van der Waals surface area contributed by atoms with Crippen LogP contribution in [-0.4, -0.2) is 30.5 Å². The number of hydrogen-bond donors (Lipinski definition) is 0. The Morgan fingerprint density at radius 1 is 1.26 bits per heavy atom. The molecule has 5 heteroatoms. The highest BCUT2D eigenvalue weighted by Crippen LogP contribution is 2.23. The van der Waals surface area contributed by atoms with Gasteiger partial charge in [0.1, 0.15) is 0 Å². The number of alkyl halides is 1. The van der Waals surface area contributed by atoms with E-state index >= 15 is 0 Å². The van der Waals surface area contributed by atoms with Crippen molar-refractivity contribution in [1.82, 2.24) is 0 Å². The highest BCUT2D eigenvalue weighted by atomic mass is 35.5. The van der Waals surface area contributed by atoms with Crippen LogP contribution in [0.1, 0.15) is 67.2 Å². The molecule has 0 aromatic heterocycles. The van der Waals surface area contributed by atoms with Gasteiger partial charge < -0.3 is 14.2 Å². The van der Waals surface area contributed by atoms with Crippen molar-refractivity contribution in [2.45, 2.75) is 78.6 Å². The third kappa shape index (κ3) is 13.5. The average molecular weight is 349 g/mol. The van der Waals surface area contributed by atoms with Crippen LogP contribution in [0.5, 0.6) is 0 Å². The number of halogens is 1. The van der Waals surface area contributed by atoms with Gasteiger partial charge in [-0.05, 0) is 46.0 Å². The highest BCUT2D eigenvalue weighted by Gasteiger charge is 2.25. The Labute approximate surface area is 146 Å².